The molecule has 0 amide bonds. The lowest BCUT2D eigenvalue weighted by atomic mass is 9.99. The molecule has 0 saturated carbocycles. The summed E-state index contributed by atoms with van der Waals surface area (Å²) in [6, 6.07) is 16.4. The number of allylic oxidation sites excluding steroid dienone is 1. The third-order valence-electron chi connectivity index (χ3n) is 3.83. The van der Waals surface area contributed by atoms with Gasteiger partial charge in [-0.1, -0.05) is 48.5 Å². The van der Waals surface area contributed by atoms with E-state index in [1.54, 1.807) is 12.1 Å². The predicted molar refractivity (Wildman–Crippen MR) is 87.8 cm³/mol. The van der Waals surface area contributed by atoms with Crippen molar-refractivity contribution < 1.29 is 8.78 Å². The Morgan fingerprint density at radius 2 is 1.59 bits per heavy atom. The lowest BCUT2D eigenvalue weighted by Crippen LogP contribution is -1.87. The zero-order valence-electron chi connectivity index (χ0n) is 12.2. The zero-order valence-corrected chi connectivity index (χ0v) is 12.2. The molecule has 0 heterocycles. The highest BCUT2D eigenvalue weighted by Crippen LogP contribution is 2.27. The average Bonchev–Trinajstić information content (AvgIpc) is 2.56. The summed E-state index contributed by atoms with van der Waals surface area (Å²) < 4.78 is 27.0. The SMILES string of the molecule is C=CCCc1ccc(-c2ccc3c(F)c(F)ccc3c2)cc1. The largest absolute Gasteiger partial charge is 0.204 e. The Hall–Kier alpha value is -2.48. The van der Waals surface area contributed by atoms with Gasteiger partial charge in [0.25, 0.3) is 0 Å². The fourth-order valence-corrected chi connectivity index (χ4v) is 2.58. The molecule has 22 heavy (non-hydrogen) atoms. The van der Waals surface area contributed by atoms with Crippen LogP contribution in [0.4, 0.5) is 8.78 Å². The van der Waals surface area contributed by atoms with Gasteiger partial charge in [-0.2, -0.15) is 0 Å². The van der Waals surface area contributed by atoms with Gasteiger partial charge in [0.1, 0.15) is 0 Å². The van der Waals surface area contributed by atoms with Crippen LogP contribution in [-0.4, -0.2) is 0 Å². The monoisotopic (exact) mass is 294 g/mol. The van der Waals surface area contributed by atoms with Crippen molar-refractivity contribution >= 4 is 10.8 Å². The van der Waals surface area contributed by atoms with E-state index < -0.39 is 11.6 Å². The fourth-order valence-electron chi connectivity index (χ4n) is 2.58. The number of halogens is 2. The molecule has 0 aromatic heterocycles. The molecule has 0 radical (unpaired) electrons. The van der Waals surface area contributed by atoms with Gasteiger partial charge < -0.3 is 0 Å². The molecule has 0 aliphatic carbocycles. The van der Waals surface area contributed by atoms with E-state index in [4.69, 9.17) is 0 Å². The molecule has 3 aromatic carbocycles. The van der Waals surface area contributed by atoms with Crippen molar-refractivity contribution in [3.05, 3.63) is 84.5 Å². The fraction of sp³-hybridized carbons (Fsp3) is 0.100. The number of fused-ring (bicyclic) bond motifs is 1. The summed E-state index contributed by atoms with van der Waals surface area (Å²) in [5.41, 5.74) is 3.32. The van der Waals surface area contributed by atoms with Crippen LogP contribution in [0.1, 0.15) is 12.0 Å². The van der Waals surface area contributed by atoms with Crippen LogP contribution in [0.15, 0.2) is 67.3 Å². The van der Waals surface area contributed by atoms with E-state index in [0.29, 0.717) is 10.8 Å². The van der Waals surface area contributed by atoms with Gasteiger partial charge >= 0.3 is 0 Å². The van der Waals surface area contributed by atoms with Crippen LogP contribution in [-0.2, 0) is 6.42 Å². The van der Waals surface area contributed by atoms with E-state index in [2.05, 4.69) is 30.8 Å². The van der Waals surface area contributed by atoms with Crippen LogP contribution in [0.5, 0.6) is 0 Å². The van der Waals surface area contributed by atoms with Gasteiger partial charge in [-0.25, -0.2) is 8.78 Å². The first-order valence-electron chi connectivity index (χ1n) is 7.27. The summed E-state index contributed by atoms with van der Waals surface area (Å²) in [4.78, 5) is 0. The molecule has 0 bridgehead atoms. The second-order valence-electron chi connectivity index (χ2n) is 5.32. The molecule has 3 aromatic rings. The van der Waals surface area contributed by atoms with E-state index in [9.17, 15) is 8.78 Å². The van der Waals surface area contributed by atoms with Gasteiger partial charge in [0.2, 0.25) is 0 Å². The third-order valence-corrected chi connectivity index (χ3v) is 3.83. The molecule has 0 atom stereocenters. The van der Waals surface area contributed by atoms with Gasteiger partial charge in [-0.05, 0) is 47.1 Å². The van der Waals surface area contributed by atoms with Gasteiger partial charge in [0.15, 0.2) is 11.6 Å². The summed E-state index contributed by atoms with van der Waals surface area (Å²) in [6.07, 6.45) is 3.84. The molecule has 0 aliphatic heterocycles. The van der Waals surface area contributed by atoms with Gasteiger partial charge in [0, 0.05) is 5.39 Å². The number of hydrogen-bond donors (Lipinski definition) is 0. The number of benzene rings is 3. The molecule has 0 fully saturated rings. The maximum atomic E-state index is 13.7. The number of aryl methyl sites for hydroxylation is 1. The van der Waals surface area contributed by atoms with E-state index in [1.807, 2.05) is 18.2 Å². The highest BCUT2D eigenvalue weighted by atomic mass is 19.2. The quantitative estimate of drug-likeness (QED) is 0.525. The summed E-state index contributed by atoms with van der Waals surface area (Å²) in [7, 11) is 0. The maximum absolute atomic E-state index is 13.7. The van der Waals surface area contributed by atoms with Crippen LogP contribution in [0.3, 0.4) is 0 Å². The molecule has 3 rings (SSSR count). The number of rotatable bonds is 4. The van der Waals surface area contributed by atoms with E-state index >= 15 is 0 Å². The molecule has 2 heteroatoms. The van der Waals surface area contributed by atoms with Crippen molar-refractivity contribution in [2.24, 2.45) is 0 Å². The smallest absolute Gasteiger partial charge is 0.166 e. The molecule has 0 unspecified atom stereocenters. The Morgan fingerprint density at radius 1 is 0.864 bits per heavy atom. The van der Waals surface area contributed by atoms with E-state index in [0.717, 1.165) is 24.0 Å². The zero-order chi connectivity index (χ0) is 15.5. The topological polar surface area (TPSA) is 0 Å². The minimum absolute atomic E-state index is 0.311. The molecule has 0 aliphatic rings. The van der Waals surface area contributed by atoms with Crippen LogP contribution >= 0.6 is 0 Å². The first kappa shape index (κ1) is 14.5. The highest BCUT2D eigenvalue weighted by Gasteiger charge is 2.08. The van der Waals surface area contributed by atoms with Crippen molar-refractivity contribution in [3.63, 3.8) is 0 Å². The number of hydrogen-bond acceptors (Lipinski definition) is 0. The van der Waals surface area contributed by atoms with E-state index in [1.165, 1.54) is 11.6 Å². The normalized spacial score (nSPS) is 10.8. The third kappa shape index (κ3) is 2.77. The van der Waals surface area contributed by atoms with Crippen LogP contribution in [0.25, 0.3) is 21.9 Å². The van der Waals surface area contributed by atoms with Crippen molar-refractivity contribution in [1.82, 2.24) is 0 Å². The molecule has 110 valence electrons. The summed E-state index contributed by atoms with van der Waals surface area (Å²) in [5, 5.41) is 1.01. The van der Waals surface area contributed by atoms with Gasteiger partial charge in [-0.3, -0.25) is 0 Å². The van der Waals surface area contributed by atoms with Crippen LogP contribution in [0, 0.1) is 11.6 Å². The summed E-state index contributed by atoms with van der Waals surface area (Å²) >= 11 is 0. The Balaban J connectivity index is 1.96. The van der Waals surface area contributed by atoms with Crippen LogP contribution < -0.4 is 0 Å². The van der Waals surface area contributed by atoms with Crippen molar-refractivity contribution in [2.75, 3.05) is 0 Å². The van der Waals surface area contributed by atoms with Crippen molar-refractivity contribution in [1.29, 1.82) is 0 Å². The van der Waals surface area contributed by atoms with E-state index in [-0.39, 0.29) is 0 Å². The Bertz CT molecular complexity index is 817. The molecule has 0 nitrogen and oxygen atoms in total. The van der Waals surface area contributed by atoms with Gasteiger partial charge in [0.05, 0.1) is 0 Å². The van der Waals surface area contributed by atoms with Crippen LogP contribution in [0.2, 0.25) is 0 Å². The minimum Gasteiger partial charge on any atom is -0.204 e. The average molecular weight is 294 g/mol. The lowest BCUT2D eigenvalue weighted by molar-refractivity contribution is 0.517. The van der Waals surface area contributed by atoms with Crippen molar-refractivity contribution in [2.45, 2.75) is 12.8 Å². The standard InChI is InChI=1S/C20H16F2/c1-2-3-4-14-5-7-15(8-6-14)16-9-11-18-17(13-16)10-12-19(21)20(18)22/h2,5-13H,1,3-4H2. The Morgan fingerprint density at radius 3 is 2.32 bits per heavy atom. The second-order valence-corrected chi connectivity index (χ2v) is 5.32. The molecule has 0 saturated heterocycles. The highest BCUT2D eigenvalue weighted by molar-refractivity contribution is 5.87. The molecule has 0 spiro atoms. The summed E-state index contributed by atoms with van der Waals surface area (Å²) in [6.45, 7) is 3.73. The molecule has 0 N–H and O–H groups in total. The molecular weight excluding hydrogens is 278 g/mol. The first-order chi connectivity index (χ1) is 10.7. The van der Waals surface area contributed by atoms with Gasteiger partial charge in [-0.15, -0.1) is 6.58 Å². The molecular formula is C20H16F2. The summed E-state index contributed by atoms with van der Waals surface area (Å²) in [5.74, 6) is -1.60. The van der Waals surface area contributed by atoms with Crippen molar-refractivity contribution in [3.8, 4) is 11.1 Å². The Labute approximate surface area is 128 Å². The predicted octanol–water partition coefficient (Wildman–Crippen LogP) is 5.90. The minimum atomic E-state index is -0.813. The lowest BCUT2D eigenvalue weighted by Gasteiger charge is -2.07. The maximum Gasteiger partial charge on any atom is 0.166 e. The first-order valence-corrected chi connectivity index (χ1v) is 7.27. The Kier molecular flexibility index (Phi) is 4.01. The second kappa shape index (κ2) is 6.10.